The molecule has 3 N–H and O–H groups in total. The van der Waals surface area contributed by atoms with E-state index in [-0.39, 0.29) is 34.6 Å². The second kappa shape index (κ2) is 12.5. The van der Waals surface area contributed by atoms with E-state index in [1.165, 1.54) is 23.5 Å². The highest BCUT2D eigenvalue weighted by molar-refractivity contribution is 7.89. The summed E-state index contributed by atoms with van der Waals surface area (Å²) in [5, 5.41) is 13.7. The average molecular weight is 584 g/mol. The second-order valence-corrected chi connectivity index (χ2v) is 13.6. The fraction of sp³-hybridized carbons (Fsp3) is 0.538. The third-order valence-electron chi connectivity index (χ3n) is 7.08. The standard InChI is InChI=1S/C26H37N3O8S2/c1-3-35-22-7-9-24(10-8-22)39(33,34)29-13-11-26(12-14-29)16-20(18-37-26)28-17-21(30)19-36-23-5-4-6-25(15-23)38(31,32)27-2/h4-10,15,20-21,27-28,30H,3,11-14,16-19H2,1-2H3/t20?,21-/m0/s1. The minimum Gasteiger partial charge on any atom is -0.494 e. The number of aliphatic hydroxyl groups is 1. The van der Waals surface area contributed by atoms with Gasteiger partial charge in [-0.05, 0) is 69.6 Å². The Morgan fingerprint density at radius 2 is 1.77 bits per heavy atom. The van der Waals surface area contributed by atoms with Crippen molar-refractivity contribution < 1.29 is 36.2 Å². The fourth-order valence-corrected chi connectivity index (χ4v) is 7.09. The van der Waals surface area contributed by atoms with Crippen molar-refractivity contribution in [3.05, 3.63) is 48.5 Å². The van der Waals surface area contributed by atoms with Crippen molar-refractivity contribution >= 4 is 20.0 Å². The third kappa shape index (κ3) is 7.28. The minimum absolute atomic E-state index is 0.00680. The van der Waals surface area contributed by atoms with E-state index < -0.39 is 26.2 Å². The molecule has 0 aromatic heterocycles. The van der Waals surface area contributed by atoms with Crippen LogP contribution in [0, 0.1) is 0 Å². The number of ether oxygens (including phenoxy) is 3. The molecule has 39 heavy (non-hydrogen) atoms. The zero-order valence-electron chi connectivity index (χ0n) is 22.2. The first-order valence-corrected chi connectivity index (χ1v) is 15.9. The van der Waals surface area contributed by atoms with Crippen LogP contribution in [0.2, 0.25) is 0 Å². The summed E-state index contributed by atoms with van der Waals surface area (Å²) in [6, 6.07) is 12.6. The zero-order chi connectivity index (χ0) is 28.1. The van der Waals surface area contributed by atoms with Crippen LogP contribution in [0.4, 0.5) is 0 Å². The molecule has 0 aliphatic carbocycles. The van der Waals surface area contributed by atoms with E-state index >= 15 is 0 Å². The smallest absolute Gasteiger partial charge is 0.243 e. The van der Waals surface area contributed by atoms with Crippen LogP contribution in [0.25, 0.3) is 0 Å². The van der Waals surface area contributed by atoms with E-state index in [0.717, 1.165) is 6.42 Å². The number of piperidine rings is 1. The highest BCUT2D eigenvalue weighted by Crippen LogP contribution is 2.37. The summed E-state index contributed by atoms with van der Waals surface area (Å²) >= 11 is 0. The van der Waals surface area contributed by atoms with Gasteiger partial charge in [0, 0.05) is 31.7 Å². The molecule has 2 fully saturated rings. The number of rotatable bonds is 12. The summed E-state index contributed by atoms with van der Waals surface area (Å²) < 4.78 is 71.0. The topological polar surface area (TPSA) is 144 Å². The Morgan fingerprint density at radius 3 is 2.44 bits per heavy atom. The summed E-state index contributed by atoms with van der Waals surface area (Å²) in [7, 11) is -5.84. The van der Waals surface area contributed by atoms with E-state index in [0.29, 0.717) is 50.6 Å². The van der Waals surface area contributed by atoms with E-state index in [1.807, 2.05) is 6.92 Å². The minimum atomic E-state index is -3.59. The molecule has 0 bridgehead atoms. The fourth-order valence-electron chi connectivity index (χ4n) is 4.88. The molecule has 13 heteroatoms. The number of benzene rings is 2. The normalized spacial score (nSPS) is 20.6. The molecule has 1 spiro atoms. The van der Waals surface area contributed by atoms with E-state index in [9.17, 15) is 21.9 Å². The molecule has 0 radical (unpaired) electrons. The maximum atomic E-state index is 13.1. The lowest BCUT2D eigenvalue weighted by atomic mass is 9.88. The lowest BCUT2D eigenvalue weighted by Crippen LogP contribution is -2.47. The van der Waals surface area contributed by atoms with Crippen molar-refractivity contribution in [3.8, 4) is 11.5 Å². The van der Waals surface area contributed by atoms with Crippen LogP contribution in [0.15, 0.2) is 58.3 Å². The van der Waals surface area contributed by atoms with Crippen LogP contribution in [-0.4, -0.2) is 90.5 Å². The summed E-state index contributed by atoms with van der Waals surface area (Å²) in [6.07, 6.45) is 1.10. The van der Waals surface area contributed by atoms with E-state index in [4.69, 9.17) is 14.2 Å². The lowest BCUT2D eigenvalue weighted by molar-refractivity contribution is -0.0312. The molecule has 2 heterocycles. The van der Waals surface area contributed by atoms with E-state index in [2.05, 4.69) is 10.0 Å². The van der Waals surface area contributed by atoms with Crippen molar-refractivity contribution in [3.63, 3.8) is 0 Å². The van der Waals surface area contributed by atoms with Gasteiger partial charge < -0.3 is 24.6 Å². The van der Waals surface area contributed by atoms with Gasteiger partial charge in [-0.25, -0.2) is 21.6 Å². The molecular weight excluding hydrogens is 546 g/mol. The van der Waals surface area contributed by atoms with Gasteiger partial charge in [-0.2, -0.15) is 4.31 Å². The number of hydrogen-bond donors (Lipinski definition) is 3. The van der Waals surface area contributed by atoms with Gasteiger partial charge in [0.25, 0.3) is 0 Å². The number of aliphatic hydroxyl groups excluding tert-OH is 1. The summed E-state index contributed by atoms with van der Waals surface area (Å²) in [5.41, 5.74) is -0.386. The van der Waals surface area contributed by atoms with Crippen molar-refractivity contribution in [1.82, 2.24) is 14.3 Å². The van der Waals surface area contributed by atoms with Gasteiger partial charge in [-0.1, -0.05) is 6.07 Å². The Kier molecular flexibility index (Phi) is 9.53. The molecule has 2 saturated heterocycles. The van der Waals surface area contributed by atoms with Gasteiger partial charge in [0.15, 0.2) is 0 Å². The Morgan fingerprint density at radius 1 is 1.05 bits per heavy atom. The van der Waals surface area contributed by atoms with Crippen LogP contribution in [0.3, 0.4) is 0 Å². The Hall–Kier alpha value is -2.26. The Balaban J connectivity index is 1.22. The van der Waals surface area contributed by atoms with Gasteiger partial charge in [-0.15, -0.1) is 0 Å². The summed E-state index contributed by atoms with van der Waals surface area (Å²) in [6.45, 7) is 3.89. The summed E-state index contributed by atoms with van der Waals surface area (Å²) in [5.74, 6) is 0.985. The molecule has 4 rings (SSSR count). The Labute approximate surface area is 230 Å². The molecule has 1 unspecified atom stereocenters. The maximum absolute atomic E-state index is 13.1. The van der Waals surface area contributed by atoms with Crippen molar-refractivity contribution in [1.29, 1.82) is 0 Å². The third-order valence-corrected chi connectivity index (χ3v) is 10.4. The first-order valence-electron chi connectivity index (χ1n) is 13.0. The van der Waals surface area contributed by atoms with E-state index in [1.54, 1.807) is 36.4 Å². The average Bonchev–Trinajstić information content (AvgIpc) is 3.33. The molecule has 0 amide bonds. The predicted octanol–water partition coefficient (Wildman–Crippen LogP) is 1.34. The number of nitrogens with zero attached hydrogens (tertiary/aromatic N) is 1. The van der Waals surface area contributed by atoms with Crippen LogP contribution in [0.1, 0.15) is 26.2 Å². The van der Waals surface area contributed by atoms with Crippen molar-refractivity contribution in [2.45, 2.75) is 53.7 Å². The predicted molar refractivity (Wildman–Crippen MR) is 145 cm³/mol. The Bertz CT molecular complexity index is 1310. The van der Waals surface area contributed by atoms with Crippen LogP contribution in [0.5, 0.6) is 11.5 Å². The SMILES string of the molecule is CCOc1ccc(S(=O)(=O)N2CCC3(CC2)CC(NC[C@H](O)COc2cccc(S(=O)(=O)NC)c2)CO3)cc1. The first-order chi connectivity index (χ1) is 18.6. The van der Waals surface area contributed by atoms with Gasteiger partial charge in [0.1, 0.15) is 24.2 Å². The van der Waals surface area contributed by atoms with Gasteiger partial charge >= 0.3 is 0 Å². The van der Waals surface area contributed by atoms with Crippen molar-refractivity contribution in [2.75, 3.05) is 46.5 Å². The molecule has 2 aromatic carbocycles. The summed E-state index contributed by atoms with van der Waals surface area (Å²) in [4.78, 5) is 0.335. The number of nitrogens with one attached hydrogen (secondary N) is 2. The molecule has 216 valence electrons. The number of hydrogen-bond acceptors (Lipinski definition) is 9. The van der Waals surface area contributed by atoms with Gasteiger partial charge in [0.05, 0.1) is 28.6 Å². The van der Waals surface area contributed by atoms with Gasteiger partial charge in [-0.3, -0.25) is 0 Å². The quantitative estimate of drug-likeness (QED) is 0.337. The lowest BCUT2D eigenvalue weighted by Gasteiger charge is -2.38. The molecule has 2 atom stereocenters. The second-order valence-electron chi connectivity index (χ2n) is 9.76. The molecular formula is C26H37N3O8S2. The van der Waals surface area contributed by atoms with Crippen LogP contribution < -0.4 is 19.5 Å². The van der Waals surface area contributed by atoms with Crippen molar-refractivity contribution in [2.24, 2.45) is 0 Å². The van der Waals surface area contributed by atoms with Crippen LogP contribution >= 0.6 is 0 Å². The molecule has 2 aliphatic rings. The first kappa shape index (κ1) is 29.7. The largest absolute Gasteiger partial charge is 0.494 e. The highest BCUT2D eigenvalue weighted by atomic mass is 32.2. The maximum Gasteiger partial charge on any atom is 0.243 e. The highest BCUT2D eigenvalue weighted by Gasteiger charge is 2.44. The molecule has 0 saturated carbocycles. The monoisotopic (exact) mass is 583 g/mol. The van der Waals surface area contributed by atoms with Gasteiger partial charge in [0.2, 0.25) is 20.0 Å². The molecule has 2 aromatic rings. The molecule has 11 nitrogen and oxygen atoms in total. The molecule has 2 aliphatic heterocycles. The van der Waals surface area contributed by atoms with Crippen LogP contribution in [-0.2, 0) is 24.8 Å². The number of sulfonamides is 2. The zero-order valence-corrected chi connectivity index (χ0v) is 23.8.